The van der Waals surface area contributed by atoms with Crippen LogP contribution in [0.25, 0.3) is 0 Å². The smallest absolute Gasteiger partial charge is 0.137 e. The van der Waals surface area contributed by atoms with Crippen LogP contribution < -0.4 is 4.74 Å². The Hall–Kier alpha value is -1.59. The van der Waals surface area contributed by atoms with Crippen LogP contribution >= 0.6 is 11.8 Å². The number of thioether (sulfide) groups is 1. The first-order chi connectivity index (χ1) is 10.2. The molecule has 0 aliphatic rings. The Balaban J connectivity index is 1.95. The molecule has 1 atom stereocenters. The quantitative estimate of drug-likeness (QED) is 0.789. The highest BCUT2D eigenvalue weighted by molar-refractivity contribution is 7.99. The van der Waals surface area contributed by atoms with Gasteiger partial charge in [-0.25, -0.2) is 4.39 Å². The van der Waals surface area contributed by atoms with Gasteiger partial charge in [-0.2, -0.15) is 0 Å². The monoisotopic (exact) mass is 307 g/mol. The SMILES string of the molecule is CCCOc1cncc(C(O)CSc2cccc(F)c2)c1. The maximum absolute atomic E-state index is 13.1. The summed E-state index contributed by atoms with van der Waals surface area (Å²) in [6, 6.07) is 8.12. The van der Waals surface area contributed by atoms with Gasteiger partial charge < -0.3 is 9.84 Å². The first kappa shape index (κ1) is 15.8. The lowest BCUT2D eigenvalue weighted by Gasteiger charge is -2.12. The Morgan fingerprint density at radius 2 is 2.19 bits per heavy atom. The van der Waals surface area contributed by atoms with E-state index in [1.54, 1.807) is 24.5 Å². The first-order valence-electron chi connectivity index (χ1n) is 6.83. The van der Waals surface area contributed by atoms with E-state index in [0.717, 1.165) is 11.3 Å². The Kier molecular flexibility index (Phi) is 6.02. The number of hydrogen-bond donors (Lipinski definition) is 1. The number of ether oxygens (including phenoxy) is 1. The van der Waals surface area contributed by atoms with E-state index in [9.17, 15) is 9.50 Å². The van der Waals surface area contributed by atoms with Gasteiger partial charge in [-0.3, -0.25) is 4.98 Å². The van der Waals surface area contributed by atoms with E-state index < -0.39 is 6.10 Å². The average molecular weight is 307 g/mol. The molecule has 0 aliphatic heterocycles. The largest absolute Gasteiger partial charge is 0.492 e. The average Bonchev–Trinajstić information content (AvgIpc) is 2.51. The van der Waals surface area contributed by atoms with Crippen LogP contribution in [0, 0.1) is 5.82 Å². The van der Waals surface area contributed by atoms with Crippen molar-refractivity contribution in [1.82, 2.24) is 4.98 Å². The molecule has 5 heteroatoms. The number of nitrogens with zero attached hydrogens (tertiary/aromatic N) is 1. The summed E-state index contributed by atoms with van der Waals surface area (Å²) in [5.41, 5.74) is 0.701. The summed E-state index contributed by atoms with van der Waals surface area (Å²) in [4.78, 5) is 4.87. The van der Waals surface area contributed by atoms with E-state index in [4.69, 9.17) is 4.74 Å². The van der Waals surface area contributed by atoms with Crippen molar-refractivity contribution in [3.05, 3.63) is 54.1 Å². The molecule has 0 fully saturated rings. The van der Waals surface area contributed by atoms with Crippen LogP contribution in [0.5, 0.6) is 5.75 Å². The zero-order chi connectivity index (χ0) is 15.1. The normalized spacial score (nSPS) is 12.1. The van der Waals surface area contributed by atoms with E-state index >= 15 is 0 Å². The van der Waals surface area contributed by atoms with Crippen LogP contribution in [-0.2, 0) is 0 Å². The Morgan fingerprint density at radius 3 is 2.95 bits per heavy atom. The number of aliphatic hydroxyl groups is 1. The number of hydrogen-bond acceptors (Lipinski definition) is 4. The van der Waals surface area contributed by atoms with Crippen molar-refractivity contribution in [2.75, 3.05) is 12.4 Å². The maximum Gasteiger partial charge on any atom is 0.137 e. The van der Waals surface area contributed by atoms with Crippen molar-refractivity contribution in [3.8, 4) is 5.75 Å². The van der Waals surface area contributed by atoms with E-state index in [0.29, 0.717) is 23.7 Å². The van der Waals surface area contributed by atoms with Crippen LogP contribution in [-0.4, -0.2) is 22.5 Å². The molecule has 0 saturated carbocycles. The van der Waals surface area contributed by atoms with Gasteiger partial charge in [0.05, 0.1) is 18.9 Å². The fourth-order valence-electron chi connectivity index (χ4n) is 1.74. The zero-order valence-corrected chi connectivity index (χ0v) is 12.6. The standard InChI is InChI=1S/C16H18FNO2S/c1-2-6-20-14-7-12(9-18-10-14)16(19)11-21-15-5-3-4-13(17)8-15/h3-5,7-10,16,19H,2,6,11H2,1H3. The number of benzene rings is 1. The minimum absolute atomic E-state index is 0.272. The van der Waals surface area contributed by atoms with Gasteiger partial charge in [-0.1, -0.05) is 13.0 Å². The fraction of sp³-hybridized carbons (Fsp3) is 0.312. The number of halogens is 1. The predicted octanol–water partition coefficient (Wildman–Crippen LogP) is 3.84. The fourth-order valence-corrected chi connectivity index (χ4v) is 2.66. The number of aliphatic hydroxyl groups excluding tert-OH is 1. The molecule has 0 bridgehead atoms. The molecule has 2 aromatic rings. The number of aromatic nitrogens is 1. The third-order valence-corrected chi connectivity index (χ3v) is 3.87. The summed E-state index contributed by atoms with van der Waals surface area (Å²) in [7, 11) is 0. The lowest BCUT2D eigenvalue weighted by molar-refractivity contribution is 0.202. The third kappa shape index (κ3) is 5.02. The lowest BCUT2D eigenvalue weighted by atomic mass is 10.2. The first-order valence-corrected chi connectivity index (χ1v) is 7.81. The molecule has 1 aromatic carbocycles. The van der Waals surface area contributed by atoms with Gasteiger partial charge in [0.2, 0.25) is 0 Å². The predicted molar refractivity (Wildman–Crippen MR) is 82.1 cm³/mol. The van der Waals surface area contributed by atoms with Crippen LogP contribution in [0.3, 0.4) is 0 Å². The van der Waals surface area contributed by atoms with Crippen molar-refractivity contribution in [2.45, 2.75) is 24.3 Å². The van der Waals surface area contributed by atoms with Crippen molar-refractivity contribution >= 4 is 11.8 Å². The van der Waals surface area contributed by atoms with Gasteiger partial charge >= 0.3 is 0 Å². The number of rotatable bonds is 7. The summed E-state index contributed by atoms with van der Waals surface area (Å²) in [5, 5.41) is 10.2. The molecule has 0 saturated heterocycles. The lowest BCUT2D eigenvalue weighted by Crippen LogP contribution is -2.03. The molecule has 0 amide bonds. The second-order valence-corrected chi connectivity index (χ2v) is 5.68. The number of pyridine rings is 1. The summed E-state index contributed by atoms with van der Waals surface area (Å²) < 4.78 is 18.6. The summed E-state index contributed by atoms with van der Waals surface area (Å²) >= 11 is 1.40. The highest BCUT2D eigenvalue weighted by Gasteiger charge is 2.10. The topological polar surface area (TPSA) is 42.4 Å². The summed E-state index contributed by atoms with van der Waals surface area (Å²) in [5.74, 6) is 0.817. The minimum atomic E-state index is -0.670. The Labute approximate surface area is 128 Å². The van der Waals surface area contributed by atoms with E-state index in [1.165, 1.54) is 23.9 Å². The molecule has 1 N–H and O–H groups in total. The summed E-state index contributed by atoms with van der Waals surface area (Å²) in [6.45, 7) is 2.65. The van der Waals surface area contributed by atoms with Gasteiger partial charge in [-0.05, 0) is 30.7 Å². The van der Waals surface area contributed by atoms with Crippen molar-refractivity contribution in [2.24, 2.45) is 0 Å². The molecule has 3 nitrogen and oxygen atoms in total. The molecule has 1 aromatic heterocycles. The second kappa shape index (κ2) is 8.00. The molecule has 1 unspecified atom stereocenters. The minimum Gasteiger partial charge on any atom is -0.492 e. The highest BCUT2D eigenvalue weighted by atomic mass is 32.2. The molecule has 0 spiro atoms. The van der Waals surface area contributed by atoms with Crippen molar-refractivity contribution in [1.29, 1.82) is 0 Å². The maximum atomic E-state index is 13.1. The van der Waals surface area contributed by atoms with Crippen LogP contribution in [0.1, 0.15) is 25.0 Å². The zero-order valence-electron chi connectivity index (χ0n) is 11.8. The van der Waals surface area contributed by atoms with Gasteiger partial charge in [0.25, 0.3) is 0 Å². The van der Waals surface area contributed by atoms with Crippen LogP contribution in [0.4, 0.5) is 4.39 Å². The van der Waals surface area contributed by atoms with E-state index in [1.807, 2.05) is 13.0 Å². The molecule has 1 heterocycles. The molecule has 112 valence electrons. The Morgan fingerprint density at radius 1 is 1.33 bits per heavy atom. The van der Waals surface area contributed by atoms with Gasteiger partial charge in [0.15, 0.2) is 0 Å². The molecule has 0 aliphatic carbocycles. The molecule has 0 radical (unpaired) electrons. The van der Waals surface area contributed by atoms with Crippen molar-refractivity contribution < 1.29 is 14.2 Å². The highest BCUT2D eigenvalue weighted by Crippen LogP contribution is 2.26. The molecule has 21 heavy (non-hydrogen) atoms. The third-order valence-electron chi connectivity index (χ3n) is 2.80. The molecular formula is C16H18FNO2S. The van der Waals surface area contributed by atoms with Crippen molar-refractivity contribution in [3.63, 3.8) is 0 Å². The van der Waals surface area contributed by atoms with Gasteiger partial charge in [-0.15, -0.1) is 11.8 Å². The second-order valence-electron chi connectivity index (χ2n) is 4.59. The van der Waals surface area contributed by atoms with E-state index in [-0.39, 0.29) is 5.82 Å². The summed E-state index contributed by atoms with van der Waals surface area (Å²) in [6.07, 6.45) is 3.50. The van der Waals surface area contributed by atoms with E-state index in [2.05, 4.69) is 4.98 Å². The van der Waals surface area contributed by atoms with Crippen LogP contribution in [0.2, 0.25) is 0 Å². The van der Waals surface area contributed by atoms with Gasteiger partial charge in [0.1, 0.15) is 11.6 Å². The molecule has 2 rings (SSSR count). The van der Waals surface area contributed by atoms with Crippen LogP contribution in [0.15, 0.2) is 47.6 Å². The molecular weight excluding hydrogens is 289 g/mol. The Bertz CT molecular complexity index is 580. The van der Waals surface area contributed by atoms with Gasteiger partial charge in [0, 0.05) is 22.4 Å².